The van der Waals surface area contributed by atoms with Crippen LogP contribution in [0.3, 0.4) is 0 Å². The molecule has 1 aromatic heterocycles. The van der Waals surface area contributed by atoms with Crippen LogP contribution < -0.4 is 5.32 Å². The van der Waals surface area contributed by atoms with Crippen LogP contribution in [0, 0.1) is 5.82 Å². The maximum Gasteiger partial charge on any atom is 0.255 e. The summed E-state index contributed by atoms with van der Waals surface area (Å²) in [6.45, 7) is 0.899. The first-order chi connectivity index (χ1) is 13.6. The molecule has 0 saturated carbocycles. The third-order valence-corrected chi connectivity index (χ3v) is 5.78. The standard InChI is InChI=1S/C22H19FN2O2S/c23-17-9-7-15(8-10-17)20(12-21(26)24-13-18-5-3-11-28-18)25-14-16-4-1-2-6-19(16)22(25)27/h1-11,20H,12-14H2,(H,24,26)/t20-/m1/s1. The number of rotatable bonds is 6. The first-order valence-electron chi connectivity index (χ1n) is 9.05. The molecule has 1 aliphatic rings. The molecule has 28 heavy (non-hydrogen) atoms. The largest absolute Gasteiger partial charge is 0.351 e. The van der Waals surface area contributed by atoms with Crippen LogP contribution in [-0.2, 0) is 17.9 Å². The molecule has 2 heterocycles. The topological polar surface area (TPSA) is 49.4 Å². The Bertz CT molecular complexity index is 986. The van der Waals surface area contributed by atoms with E-state index in [-0.39, 0.29) is 24.1 Å². The van der Waals surface area contributed by atoms with Gasteiger partial charge in [0.1, 0.15) is 5.82 Å². The van der Waals surface area contributed by atoms with Gasteiger partial charge in [-0.05, 0) is 40.8 Å². The predicted octanol–water partition coefficient (Wildman–Crippen LogP) is 4.29. The molecule has 6 heteroatoms. The van der Waals surface area contributed by atoms with Gasteiger partial charge in [-0.25, -0.2) is 4.39 Å². The van der Waals surface area contributed by atoms with Crippen LogP contribution in [0.4, 0.5) is 4.39 Å². The molecule has 0 unspecified atom stereocenters. The fourth-order valence-corrected chi connectivity index (χ4v) is 4.11. The zero-order valence-electron chi connectivity index (χ0n) is 15.1. The van der Waals surface area contributed by atoms with Gasteiger partial charge in [0, 0.05) is 17.0 Å². The van der Waals surface area contributed by atoms with E-state index in [1.54, 1.807) is 34.4 Å². The lowest BCUT2D eigenvalue weighted by Crippen LogP contribution is -2.34. The number of carbonyl (C=O) groups is 2. The van der Waals surface area contributed by atoms with Crippen molar-refractivity contribution in [2.75, 3.05) is 0 Å². The lowest BCUT2D eigenvalue weighted by atomic mass is 10.0. The fraction of sp³-hybridized carbons (Fsp3) is 0.182. The van der Waals surface area contributed by atoms with E-state index in [0.717, 1.165) is 16.0 Å². The summed E-state index contributed by atoms with van der Waals surface area (Å²) in [6.07, 6.45) is 0.122. The minimum atomic E-state index is -0.455. The lowest BCUT2D eigenvalue weighted by Gasteiger charge is -2.28. The van der Waals surface area contributed by atoms with Crippen molar-refractivity contribution in [1.29, 1.82) is 0 Å². The van der Waals surface area contributed by atoms with E-state index in [2.05, 4.69) is 5.32 Å². The van der Waals surface area contributed by atoms with Crippen molar-refractivity contribution in [1.82, 2.24) is 10.2 Å². The van der Waals surface area contributed by atoms with Gasteiger partial charge in [0.05, 0.1) is 19.0 Å². The Kier molecular flexibility index (Phi) is 5.21. The molecule has 0 saturated heterocycles. The number of hydrogen-bond donors (Lipinski definition) is 1. The number of fused-ring (bicyclic) bond motifs is 1. The van der Waals surface area contributed by atoms with Crippen LogP contribution in [0.25, 0.3) is 0 Å². The quantitative estimate of drug-likeness (QED) is 0.678. The molecule has 4 nitrogen and oxygen atoms in total. The van der Waals surface area contributed by atoms with Crippen molar-refractivity contribution < 1.29 is 14.0 Å². The van der Waals surface area contributed by atoms with Gasteiger partial charge >= 0.3 is 0 Å². The van der Waals surface area contributed by atoms with E-state index >= 15 is 0 Å². The summed E-state index contributed by atoms with van der Waals surface area (Å²) in [5, 5.41) is 4.88. The molecule has 0 bridgehead atoms. The first kappa shape index (κ1) is 18.4. The molecule has 142 valence electrons. The van der Waals surface area contributed by atoms with Crippen molar-refractivity contribution in [2.45, 2.75) is 25.6 Å². The van der Waals surface area contributed by atoms with Crippen molar-refractivity contribution in [2.24, 2.45) is 0 Å². The number of halogens is 1. The zero-order chi connectivity index (χ0) is 19.5. The van der Waals surface area contributed by atoms with E-state index in [1.807, 2.05) is 35.7 Å². The number of nitrogens with zero attached hydrogens (tertiary/aromatic N) is 1. The highest BCUT2D eigenvalue weighted by molar-refractivity contribution is 7.09. The van der Waals surface area contributed by atoms with E-state index in [0.29, 0.717) is 18.7 Å². The van der Waals surface area contributed by atoms with Gasteiger partial charge in [-0.15, -0.1) is 11.3 Å². The Balaban J connectivity index is 1.55. The molecule has 2 amide bonds. The first-order valence-corrected chi connectivity index (χ1v) is 9.93. The second kappa shape index (κ2) is 7.94. The lowest BCUT2D eigenvalue weighted by molar-refractivity contribution is -0.122. The molecular formula is C22H19FN2O2S. The monoisotopic (exact) mass is 394 g/mol. The number of amides is 2. The van der Waals surface area contributed by atoms with Crippen LogP contribution in [-0.4, -0.2) is 16.7 Å². The maximum absolute atomic E-state index is 13.4. The summed E-state index contributed by atoms with van der Waals surface area (Å²) in [5.74, 6) is -0.594. The molecule has 1 atom stereocenters. The molecule has 4 rings (SSSR count). The van der Waals surface area contributed by atoms with Gasteiger partial charge in [0.2, 0.25) is 5.91 Å². The number of hydrogen-bond acceptors (Lipinski definition) is 3. The summed E-state index contributed by atoms with van der Waals surface area (Å²) in [6, 6.07) is 16.9. The van der Waals surface area contributed by atoms with Gasteiger partial charge < -0.3 is 10.2 Å². The average molecular weight is 394 g/mol. The minimum Gasteiger partial charge on any atom is -0.351 e. The number of benzene rings is 2. The van der Waals surface area contributed by atoms with Crippen LogP contribution in [0.2, 0.25) is 0 Å². The van der Waals surface area contributed by atoms with Crippen molar-refractivity contribution >= 4 is 23.2 Å². The minimum absolute atomic E-state index is 0.101. The third kappa shape index (κ3) is 3.82. The van der Waals surface area contributed by atoms with Crippen LogP contribution in [0.5, 0.6) is 0 Å². The Morgan fingerprint density at radius 3 is 2.61 bits per heavy atom. The molecule has 1 N–H and O–H groups in total. The summed E-state index contributed by atoms with van der Waals surface area (Å²) >= 11 is 1.58. The second-order valence-corrected chi connectivity index (χ2v) is 7.75. The highest BCUT2D eigenvalue weighted by atomic mass is 32.1. The molecule has 0 fully saturated rings. The van der Waals surface area contributed by atoms with E-state index < -0.39 is 6.04 Å². The maximum atomic E-state index is 13.4. The summed E-state index contributed by atoms with van der Waals surface area (Å²) in [7, 11) is 0. The molecule has 2 aromatic carbocycles. The Morgan fingerprint density at radius 2 is 1.89 bits per heavy atom. The zero-order valence-corrected chi connectivity index (χ0v) is 15.9. The van der Waals surface area contributed by atoms with E-state index in [1.165, 1.54) is 12.1 Å². The number of carbonyl (C=O) groups excluding carboxylic acids is 2. The van der Waals surface area contributed by atoms with E-state index in [9.17, 15) is 14.0 Å². The highest BCUT2D eigenvalue weighted by Gasteiger charge is 2.34. The van der Waals surface area contributed by atoms with Crippen LogP contribution in [0.1, 0.15) is 38.8 Å². The molecule has 0 spiro atoms. The third-order valence-electron chi connectivity index (χ3n) is 4.90. The Hall–Kier alpha value is -2.99. The fourth-order valence-electron chi connectivity index (χ4n) is 3.47. The van der Waals surface area contributed by atoms with E-state index in [4.69, 9.17) is 0 Å². The Labute approximate surface area is 166 Å². The molecule has 0 aliphatic carbocycles. The molecule has 0 radical (unpaired) electrons. The SMILES string of the molecule is O=C(C[C@H](c1ccc(F)cc1)N1Cc2ccccc2C1=O)NCc1cccs1. The van der Waals surface area contributed by atoms with Gasteiger partial charge in [0.25, 0.3) is 5.91 Å². The second-order valence-electron chi connectivity index (χ2n) is 6.72. The molecule has 3 aromatic rings. The van der Waals surface area contributed by atoms with Gasteiger partial charge in [-0.3, -0.25) is 9.59 Å². The Morgan fingerprint density at radius 1 is 1.11 bits per heavy atom. The average Bonchev–Trinajstić information content (AvgIpc) is 3.34. The van der Waals surface area contributed by atoms with Crippen LogP contribution >= 0.6 is 11.3 Å². The molecular weight excluding hydrogens is 375 g/mol. The van der Waals surface area contributed by atoms with Gasteiger partial charge in [-0.2, -0.15) is 0 Å². The number of thiophene rings is 1. The van der Waals surface area contributed by atoms with Crippen molar-refractivity contribution in [3.63, 3.8) is 0 Å². The molecule has 1 aliphatic heterocycles. The van der Waals surface area contributed by atoms with Crippen molar-refractivity contribution in [3.05, 3.63) is 93.4 Å². The van der Waals surface area contributed by atoms with Crippen LogP contribution in [0.15, 0.2) is 66.0 Å². The predicted molar refractivity (Wildman–Crippen MR) is 106 cm³/mol. The highest BCUT2D eigenvalue weighted by Crippen LogP contribution is 2.33. The summed E-state index contributed by atoms with van der Waals surface area (Å²) in [4.78, 5) is 28.3. The normalized spacial score (nSPS) is 14.0. The van der Waals surface area contributed by atoms with Crippen molar-refractivity contribution in [3.8, 4) is 0 Å². The smallest absolute Gasteiger partial charge is 0.255 e. The van der Waals surface area contributed by atoms with Gasteiger partial charge in [-0.1, -0.05) is 36.4 Å². The van der Waals surface area contributed by atoms with Gasteiger partial charge in [0.15, 0.2) is 0 Å². The number of nitrogens with one attached hydrogen (secondary N) is 1. The summed E-state index contributed by atoms with van der Waals surface area (Å²) < 4.78 is 13.4. The summed E-state index contributed by atoms with van der Waals surface area (Å²) in [5.41, 5.74) is 2.35.